The summed E-state index contributed by atoms with van der Waals surface area (Å²) < 4.78 is 7.78. The van der Waals surface area contributed by atoms with Gasteiger partial charge in [-0.25, -0.2) is 9.59 Å². The Kier molecular flexibility index (Phi) is 10.1. The molecular formula is C31H39Br2N5O4. The first kappa shape index (κ1) is 30.8. The summed E-state index contributed by atoms with van der Waals surface area (Å²) in [5.41, 5.74) is 2.91. The molecule has 0 spiro atoms. The van der Waals surface area contributed by atoms with Crippen molar-refractivity contribution in [2.24, 2.45) is 0 Å². The van der Waals surface area contributed by atoms with Crippen LogP contribution >= 0.6 is 31.9 Å². The van der Waals surface area contributed by atoms with Crippen molar-refractivity contribution in [3.05, 3.63) is 62.5 Å². The van der Waals surface area contributed by atoms with Crippen LogP contribution < -0.4 is 5.32 Å². The Labute approximate surface area is 264 Å². The normalized spacial score (nSPS) is 19.3. The number of likely N-dealkylation sites (tertiary alicyclic amines) is 2. The molecular weight excluding hydrogens is 666 g/mol. The van der Waals surface area contributed by atoms with Gasteiger partial charge in [-0.1, -0.05) is 24.3 Å². The highest BCUT2D eigenvalue weighted by atomic mass is 79.9. The van der Waals surface area contributed by atoms with E-state index in [1.807, 2.05) is 52.3 Å². The molecule has 2 fully saturated rings. The van der Waals surface area contributed by atoms with Gasteiger partial charge in [-0.3, -0.25) is 4.79 Å². The fraction of sp³-hybridized carbons (Fsp3) is 0.516. The zero-order valence-corrected chi connectivity index (χ0v) is 27.4. The number of anilines is 1. The Hall–Kier alpha value is -2.63. The van der Waals surface area contributed by atoms with Gasteiger partial charge >= 0.3 is 12.1 Å². The minimum absolute atomic E-state index is 0.0406. The average Bonchev–Trinajstić information content (AvgIpc) is 3.16. The molecule has 3 aliphatic rings. The molecule has 0 aliphatic carbocycles. The monoisotopic (exact) mass is 703 g/mol. The predicted octanol–water partition coefficient (Wildman–Crippen LogP) is 5.37. The maximum absolute atomic E-state index is 13.7. The second-order valence-corrected chi connectivity index (χ2v) is 13.3. The standard InChI is InChI=1S/C31H39Br2N5O4/c1-35(2)23-10-14-36(15-11-23)29(39)28(20-21-7-8-25(32)26(33)19-21)42-31(41)37-16-12-24(13-17-37)38-18-9-22-5-3-4-6-27(22)34-30(38)40/h3-8,19,23-24,28H,9-18,20H2,1-2H3,(H,34,40)/t28-/m1/s1. The van der Waals surface area contributed by atoms with E-state index in [4.69, 9.17) is 4.74 Å². The Morgan fingerprint density at radius 3 is 2.33 bits per heavy atom. The molecule has 2 aromatic rings. The number of piperidine rings is 2. The summed E-state index contributed by atoms with van der Waals surface area (Å²) in [6, 6.07) is 14.1. The largest absolute Gasteiger partial charge is 0.436 e. The van der Waals surface area contributed by atoms with Crippen molar-refractivity contribution in [2.45, 2.75) is 56.7 Å². The number of ether oxygens (including phenoxy) is 1. The third kappa shape index (κ3) is 7.29. The second kappa shape index (κ2) is 13.8. The van der Waals surface area contributed by atoms with E-state index in [0.29, 0.717) is 58.0 Å². The summed E-state index contributed by atoms with van der Waals surface area (Å²) in [4.78, 5) is 47.8. The van der Waals surface area contributed by atoms with Crippen molar-refractivity contribution in [1.82, 2.24) is 19.6 Å². The number of nitrogens with one attached hydrogen (secondary N) is 1. The van der Waals surface area contributed by atoms with Crippen LogP contribution in [0.4, 0.5) is 15.3 Å². The predicted molar refractivity (Wildman–Crippen MR) is 170 cm³/mol. The lowest BCUT2D eigenvalue weighted by Gasteiger charge is -2.38. The van der Waals surface area contributed by atoms with E-state index in [0.717, 1.165) is 45.0 Å². The topological polar surface area (TPSA) is 85.4 Å². The van der Waals surface area contributed by atoms with Crippen molar-refractivity contribution in [3.63, 3.8) is 0 Å². The van der Waals surface area contributed by atoms with E-state index in [1.54, 1.807) is 4.90 Å². The number of benzene rings is 2. The number of urea groups is 1. The van der Waals surface area contributed by atoms with Gasteiger partial charge in [-0.05, 0) is 107 Å². The molecule has 2 saturated heterocycles. The van der Waals surface area contributed by atoms with Gasteiger partial charge in [0.05, 0.1) is 0 Å². The molecule has 0 unspecified atom stereocenters. The van der Waals surface area contributed by atoms with Crippen LogP contribution in [0, 0.1) is 0 Å². The van der Waals surface area contributed by atoms with Gasteiger partial charge in [0.15, 0.2) is 6.10 Å². The maximum atomic E-state index is 13.7. The fourth-order valence-electron chi connectivity index (χ4n) is 6.16. The number of amides is 4. The zero-order valence-electron chi connectivity index (χ0n) is 24.2. The zero-order chi connectivity index (χ0) is 29.8. The number of hydrogen-bond acceptors (Lipinski definition) is 5. The molecule has 3 aliphatic heterocycles. The summed E-state index contributed by atoms with van der Waals surface area (Å²) in [5.74, 6) is -0.143. The van der Waals surface area contributed by atoms with Crippen LogP contribution in [0.1, 0.15) is 36.8 Å². The molecule has 5 rings (SSSR count). The van der Waals surface area contributed by atoms with Gasteiger partial charge in [0.1, 0.15) is 0 Å². The second-order valence-electron chi connectivity index (χ2n) is 11.6. The molecule has 0 bridgehead atoms. The van der Waals surface area contributed by atoms with E-state index in [2.05, 4.69) is 56.2 Å². The lowest BCUT2D eigenvalue weighted by atomic mass is 10.0. The Morgan fingerprint density at radius 1 is 0.952 bits per heavy atom. The van der Waals surface area contributed by atoms with E-state index < -0.39 is 12.2 Å². The van der Waals surface area contributed by atoms with Gasteiger partial charge in [-0.15, -0.1) is 0 Å². The first-order valence-electron chi connectivity index (χ1n) is 14.7. The van der Waals surface area contributed by atoms with Crippen LogP contribution in [0.25, 0.3) is 0 Å². The van der Waals surface area contributed by atoms with Crippen molar-refractivity contribution >= 4 is 55.6 Å². The fourth-order valence-corrected chi connectivity index (χ4v) is 6.83. The number of para-hydroxylation sites is 1. The highest BCUT2D eigenvalue weighted by Gasteiger charge is 2.35. The smallest absolute Gasteiger partial charge is 0.410 e. The van der Waals surface area contributed by atoms with Crippen LogP contribution in [0.15, 0.2) is 51.4 Å². The van der Waals surface area contributed by atoms with Crippen molar-refractivity contribution < 1.29 is 19.1 Å². The van der Waals surface area contributed by atoms with Crippen LogP contribution in [0.3, 0.4) is 0 Å². The van der Waals surface area contributed by atoms with E-state index in [9.17, 15) is 14.4 Å². The van der Waals surface area contributed by atoms with Gasteiger partial charge < -0.3 is 29.7 Å². The molecule has 1 atom stereocenters. The Morgan fingerprint density at radius 2 is 1.64 bits per heavy atom. The third-order valence-corrected chi connectivity index (χ3v) is 10.6. The molecule has 2 aromatic carbocycles. The Balaban J connectivity index is 1.21. The number of nitrogens with zero attached hydrogens (tertiary/aromatic N) is 4. The molecule has 0 saturated carbocycles. The van der Waals surface area contributed by atoms with Crippen LogP contribution in [0.5, 0.6) is 0 Å². The molecule has 226 valence electrons. The summed E-state index contributed by atoms with van der Waals surface area (Å²) in [6.45, 7) is 2.88. The number of halogens is 2. The molecule has 4 amide bonds. The van der Waals surface area contributed by atoms with Crippen LogP contribution in [-0.2, 0) is 22.4 Å². The molecule has 0 radical (unpaired) electrons. The maximum Gasteiger partial charge on any atom is 0.410 e. The lowest BCUT2D eigenvalue weighted by Crippen LogP contribution is -2.52. The third-order valence-electron chi connectivity index (χ3n) is 8.74. The summed E-state index contributed by atoms with van der Waals surface area (Å²) in [5, 5.41) is 3.04. The number of fused-ring (bicyclic) bond motifs is 1. The van der Waals surface area contributed by atoms with Gasteiger partial charge in [0, 0.05) is 65.9 Å². The molecule has 42 heavy (non-hydrogen) atoms. The number of carbonyl (C=O) groups is 3. The number of hydrogen-bond donors (Lipinski definition) is 1. The minimum atomic E-state index is -0.908. The lowest BCUT2D eigenvalue weighted by molar-refractivity contribution is -0.142. The highest BCUT2D eigenvalue weighted by Crippen LogP contribution is 2.27. The number of carbonyl (C=O) groups excluding carboxylic acids is 3. The van der Waals surface area contributed by atoms with Crippen molar-refractivity contribution in [3.8, 4) is 0 Å². The molecule has 0 aromatic heterocycles. The summed E-state index contributed by atoms with van der Waals surface area (Å²) in [6.07, 6.45) is 2.82. The molecule has 9 nitrogen and oxygen atoms in total. The molecule has 11 heteroatoms. The van der Waals surface area contributed by atoms with E-state index in [1.165, 1.54) is 0 Å². The first-order chi connectivity index (χ1) is 20.2. The quantitative estimate of drug-likeness (QED) is 0.438. The first-order valence-corrected chi connectivity index (χ1v) is 16.3. The van der Waals surface area contributed by atoms with Crippen LogP contribution in [0.2, 0.25) is 0 Å². The average molecular weight is 705 g/mol. The van der Waals surface area contributed by atoms with E-state index in [-0.39, 0.29) is 18.0 Å². The summed E-state index contributed by atoms with van der Waals surface area (Å²) >= 11 is 7.04. The minimum Gasteiger partial charge on any atom is -0.436 e. The number of rotatable bonds is 6. The highest BCUT2D eigenvalue weighted by molar-refractivity contribution is 9.13. The SMILES string of the molecule is CN(C)C1CCN(C(=O)[C@@H](Cc2ccc(Br)c(Br)c2)OC(=O)N2CCC(N3CCc4ccccc4NC3=O)CC2)CC1. The Bertz CT molecular complexity index is 1290. The molecule has 3 heterocycles. The van der Waals surface area contributed by atoms with Crippen molar-refractivity contribution in [2.75, 3.05) is 52.1 Å². The molecule has 1 N–H and O–H groups in total. The van der Waals surface area contributed by atoms with Crippen LogP contribution in [-0.4, -0.2) is 103 Å². The van der Waals surface area contributed by atoms with Gasteiger partial charge in [-0.2, -0.15) is 0 Å². The van der Waals surface area contributed by atoms with Crippen molar-refractivity contribution in [1.29, 1.82) is 0 Å². The van der Waals surface area contributed by atoms with Gasteiger partial charge in [0.25, 0.3) is 5.91 Å². The van der Waals surface area contributed by atoms with Gasteiger partial charge in [0.2, 0.25) is 0 Å². The van der Waals surface area contributed by atoms with E-state index >= 15 is 0 Å². The summed E-state index contributed by atoms with van der Waals surface area (Å²) in [7, 11) is 4.14.